The summed E-state index contributed by atoms with van der Waals surface area (Å²) in [5.74, 6) is -0.307. The molecule has 1 atom stereocenters. The molecule has 1 N–H and O–H groups in total. The highest BCUT2D eigenvalue weighted by Gasteiger charge is 2.21. The maximum absolute atomic E-state index is 13.3. The van der Waals surface area contributed by atoms with Crippen molar-refractivity contribution >= 4 is 49.9 Å². The molecular weight excluding hydrogens is 484 g/mol. The van der Waals surface area contributed by atoms with Crippen molar-refractivity contribution in [3.63, 3.8) is 0 Å². The lowest BCUT2D eigenvalue weighted by Gasteiger charge is -2.13. The molecule has 8 heteroatoms. The lowest BCUT2D eigenvalue weighted by Crippen LogP contribution is -2.22. The summed E-state index contributed by atoms with van der Waals surface area (Å²) < 4.78 is 3.96. The van der Waals surface area contributed by atoms with Crippen LogP contribution in [-0.2, 0) is 11.2 Å². The molecule has 2 heterocycles. The smallest absolute Gasteiger partial charge is 0.326 e. The summed E-state index contributed by atoms with van der Waals surface area (Å²) in [5, 5.41) is 15.5. The number of hydrogen-bond acceptors (Lipinski definition) is 4. The topological polar surface area (TPSA) is 89.5 Å². The van der Waals surface area contributed by atoms with Gasteiger partial charge >= 0.3 is 5.97 Å². The van der Waals surface area contributed by atoms with Crippen molar-refractivity contribution in [2.45, 2.75) is 46.1 Å². The Kier molecular flexibility index (Phi) is 6.47. The first-order valence-corrected chi connectivity index (χ1v) is 11.7. The minimum absolute atomic E-state index is 0.232. The Balaban J connectivity index is 1.92. The molecule has 7 nitrogen and oxygen atoms in total. The van der Waals surface area contributed by atoms with Gasteiger partial charge in [0.05, 0.1) is 17.1 Å². The molecule has 33 heavy (non-hydrogen) atoms. The first kappa shape index (κ1) is 22.9. The van der Waals surface area contributed by atoms with E-state index in [1.807, 2.05) is 43.3 Å². The number of unbranched alkanes of at least 4 members (excludes halogenated alkanes) is 1. The van der Waals surface area contributed by atoms with Gasteiger partial charge < -0.3 is 9.67 Å². The number of aliphatic carboxylic acids is 1. The molecule has 0 spiro atoms. The van der Waals surface area contributed by atoms with E-state index in [-0.39, 0.29) is 5.56 Å². The summed E-state index contributed by atoms with van der Waals surface area (Å²) in [5.41, 5.74) is 2.77. The molecule has 0 fully saturated rings. The largest absolute Gasteiger partial charge is 0.480 e. The van der Waals surface area contributed by atoms with Crippen molar-refractivity contribution in [1.29, 1.82) is 0 Å². The molecule has 0 aliphatic carbocycles. The lowest BCUT2D eigenvalue weighted by molar-refractivity contribution is -0.140. The van der Waals surface area contributed by atoms with Crippen LogP contribution in [0.3, 0.4) is 0 Å². The van der Waals surface area contributed by atoms with Gasteiger partial charge in [0, 0.05) is 33.1 Å². The summed E-state index contributed by atoms with van der Waals surface area (Å²) in [4.78, 5) is 29.8. The van der Waals surface area contributed by atoms with Crippen LogP contribution >= 0.6 is 15.9 Å². The van der Waals surface area contributed by atoms with Gasteiger partial charge in [0.1, 0.15) is 11.9 Å². The van der Waals surface area contributed by atoms with Crippen LogP contribution in [-0.4, -0.2) is 31.5 Å². The highest BCUT2D eigenvalue weighted by atomic mass is 79.9. The molecule has 0 aliphatic rings. The number of benzene rings is 2. The van der Waals surface area contributed by atoms with E-state index < -0.39 is 12.0 Å². The van der Waals surface area contributed by atoms with Gasteiger partial charge in [0.25, 0.3) is 5.56 Å². The van der Waals surface area contributed by atoms with Crippen molar-refractivity contribution < 1.29 is 9.90 Å². The molecule has 0 amide bonds. The van der Waals surface area contributed by atoms with Crippen molar-refractivity contribution in [2.24, 2.45) is 5.10 Å². The van der Waals surface area contributed by atoms with Crippen molar-refractivity contribution in [2.75, 3.05) is 0 Å². The van der Waals surface area contributed by atoms with Gasteiger partial charge in [-0.25, -0.2) is 9.78 Å². The maximum atomic E-state index is 13.3. The van der Waals surface area contributed by atoms with Crippen molar-refractivity contribution in [1.82, 2.24) is 14.2 Å². The van der Waals surface area contributed by atoms with Crippen LogP contribution in [0.15, 0.2) is 56.8 Å². The van der Waals surface area contributed by atoms with E-state index in [1.165, 1.54) is 4.68 Å². The predicted molar refractivity (Wildman–Crippen MR) is 134 cm³/mol. The number of rotatable bonds is 7. The third-order valence-corrected chi connectivity index (χ3v) is 6.37. The highest BCUT2D eigenvalue weighted by Crippen LogP contribution is 2.28. The van der Waals surface area contributed by atoms with Crippen LogP contribution in [0, 0.1) is 6.92 Å². The second-order valence-corrected chi connectivity index (χ2v) is 8.97. The monoisotopic (exact) mass is 508 g/mol. The number of carboxylic acid groups (broad SMARTS) is 1. The van der Waals surface area contributed by atoms with E-state index in [9.17, 15) is 14.7 Å². The van der Waals surface area contributed by atoms with Gasteiger partial charge in [-0.1, -0.05) is 47.5 Å². The first-order valence-electron chi connectivity index (χ1n) is 10.9. The molecule has 170 valence electrons. The fraction of sp³-hybridized carbons (Fsp3) is 0.280. The molecule has 0 bridgehead atoms. The van der Waals surface area contributed by atoms with Crippen LogP contribution < -0.4 is 5.56 Å². The van der Waals surface area contributed by atoms with Crippen LogP contribution in [0.25, 0.3) is 21.8 Å². The fourth-order valence-electron chi connectivity index (χ4n) is 4.12. The molecule has 4 aromatic rings. The molecule has 0 saturated heterocycles. The zero-order valence-electron chi connectivity index (χ0n) is 18.7. The molecule has 0 aliphatic heterocycles. The summed E-state index contributed by atoms with van der Waals surface area (Å²) in [6.45, 7) is 5.62. The Hall–Kier alpha value is -3.26. The summed E-state index contributed by atoms with van der Waals surface area (Å²) in [6, 6.07) is 12.3. The quantitative estimate of drug-likeness (QED) is 0.343. The summed E-state index contributed by atoms with van der Waals surface area (Å²) in [6.07, 6.45) is 4.13. The van der Waals surface area contributed by atoms with E-state index in [1.54, 1.807) is 23.8 Å². The van der Waals surface area contributed by atoms with Crippen LogP contribution in [0.1, 0.15) is 49.8 Å². The van der Waals surface area contributed by atoms with Gasteiger partial charge in [0.15, 0.2) is 0 Å². The average Bonchev–Trinajstić information content (AvgIpc) is 3.08. The number of halogens is 1. The standard InChI is InChI=1S/C25H25BrN4O3/c1-4-5-10-23-28-21-12-11-17(26)13-19(21)24(31)30(23)27-14-20-15(2)29(16(3)25(32)33)22-9-7-6-8-18(20)22/h6-9,11-14,16H,4-5,10H2,1-3H3,(H,32,33)/t16-/m0/s1. The minimum Gasteiger partial charge on any atom is -0.480 e. The summed E-state index contributed by atoms with van der Waals surface area (Å²) >= 11 is 3.43. The first-order chi connectivity index (χ1) is 15.8. The molecular formula is C25H25BrN4O3. The fourth-order valence-corrected chi connectivity index (χ4v) is 4.48. The number of para-hydroxylation sites is 1. The number of fused-ring (bicyclic) bond motifs is 2. The Labute approximate surface area is 199 Å². The third kappa shape index (κ3) is 4.23. The van der Waals surface area contributed by atoms with E-state index >= 15 is 0 Å². The number of carbonyl (C=O) groups is 1. The van der Waals surface area contributed by atoms with Gasteiger partial charge in [-0.05, 0) is 44.5 Å². The molecule has 0 unspecified atom stereocenters. The van der Waals surface area contributed by atoms with Gasteiger partial charge in [0.2, 0.25) is 0 Å². The zero-order valence-corrected chi connectivity index (χ0v) is 20.3. The van der Waals surface area contributed by atoms with Crippen LogP contribution in [0.5, 0.6) is 0 Å². The second-order valence-electron chi connectivity index (χ2n) is 8.06. The SMILES string of the molecule is CCCCc1nc2ccc(Br)cc2c(=O)n1N=Cc1c(C)n([C@@H](C)C(=O)O)c2ccccc12. The predicted octanol–water partition coefficient (Wildman–Crippen LogP) is 5.29. The third-order valence-electron chi connectivity index (χ3n) is 5.88. The van der Waals surface area contributed by atoms with Gasteiger partial charge in [-0.3, -0.25) is 4.79 Å². The minimum atomic E-state index is -0.912. The number of carboxylic acids is 1. The summed E-state index contributed by atoms with van der Waals surface area (Å²) in [7, 11) is 0. The van der Waals surface area contributed by atoms with Crippen LogP contribution in [0.2, 0.25) is 0 Å². The lowest BCUT2D eigenvalue weighted by atomic mass is 10.1. The molecule has 2 aromatic heterocycles. The normalized spacial score (nSPS) is 12.7. The molecule has 0 radical (unpaired) electrons. The number of nitrogens with zero attached hydrogens (tertiary/aromatic N) is 4. The van der Waals surface area contributed by atoms with Gasteiger partial charge in [-0.2, -0.15) is 9.78 Å². The van der Waals surface area contributed by atoms with Gasteiger partial charge in [-0.15, -0.1) is 0 Å². The number of hydrogen-bond donors (Lipinski definition) is 1. The number of aromatic nitrogens is 3. The Morgan fingerprint density at radius 1 is 1.24 bits per heavy atom. The maximum Gasteiger partial charge on any atom is 0.326 e. The van der Waals surface area contributed by atoms with Crippen molar-refractivity contribution in [3.05, 3.63) is 74.4 Å². The zero-order chi connectivity index (χ0) is 23.7. The molecule has 0 saturated carbocycles. The second kappa shape index (κ2) is 9.31. The molecule has 2 aromatic carbocycles. The Morgan fingerprint density at radius 2 is 2.00 bits per heavy atom. The number of aryl methyl sites for hydroxylation is 1. The van der Waals surface area contributed by atoms with E-state index in [0.29, 0.717) is 23.1 Å². The van der Waals surface area contributed by atoms with Crippen LogP contribution in [0.4, 0.5) is 0 Å². The highest BCUT2D eigenvalue weighted by molar-refractivity contribution is 9.10. The van der Waals surface area contributed by atoms with E-state index in [0.717, 1.165) is 39.5 Å². The Bertz CT molecular complexity index is 1450. The van der Waals surface area contributed by atoms with Crippen molar-refractivity contribution in [3.8, 4) is 0 Å². The molecule has 4 rings (SSSR count). The average molecular weight is 509 g/mol. The van der Waals surface area contributed by atoms with E-state index in [4.69, 9.17) is 4.98 Å². The van der Waals surface area contributed by atoms with E-state index in [2.05, 4.69) is 28.0 Å². The Morgan fingerprint density at radius 3 is 2.73 bits per heavy atom.